The number of hydrogen-bond donors (Lipinski definition) is 1. The molecule has 128 valence electrons. The summed E-state index contributed by atoms with van der Waals surface area (Å²) in [4.78, 5) is 22.3. The molecule has 2 aromatic heterocycles. The van der Waals surface area contributed by atoms with Crippen LogP contribution in [0.25, 0.3) is 11.6 Å². The van der Waals surface area contributed by atoms with Crippen molar-refractivity contribution in [1.82, 2.24) is 14.9 Å². The molecule has 1 N–H and O–H groups in total. The molecule has 0 fully saturated rings. The van der Waals surface area contributed by atoms with Crippen molar-refractivity contribution in [2.75, 3.05) is 6.54 Å². The Balaban J connectivity index is 1.58. The Hall–Kier alpha value is -2.66. The normalized spacial score (nSPS) is 14.5. The zero-order chi connectivity index (χ0) is 17.4. The lowest BCUT2D eigenvalue weighted by Crippen LogP contribution is -2.35. The van der Waals surface area contributed by atoms with E-state index in [-0.39, 0.29) is 5.56 Å². The summed E-state index contributed by atoms with van der Waals surface area (Å²) in [5, 5.41) is 0. The van der Waals surface area contributed by atoms with Crippen LogP contribution < -0.4 is 5.56 Å². The average Bonchev–Trinajstić information content (AvgIpc) is 3.12. The Labute approximate surface area is 146 Å². The highest BCUT2D eigenvalue weighted by Gasteiger charge is 2.22. The number of aryl methyl sites for hydroxylation is 2. The van der Waals surface area contributed by atoms with Crippen LogP contribution in [-0.4, -0.2) is 21.4 Å². The van der Waals surface area contributed by atoms with Crippen LogP contribution in [0.4, 0.5) is 0 Å². The minimum atomic E-state index is -0.0678. The first kappa shape index (κ1) is 15.8. The third-order valence-electron chi connectivity index (χ3n) is 4.79. The number of aromatic amines is 1. The average molecular weight is 335 g/mol. The lowest BCUT2D eigenvalue weighted by molar-refractivity contribution is 0.241. The number of nitrogens with one attached hydrogen (secondary N) is 1. The predicted octanol–water partition coefficient (Wildman–Crippen LogP) is 3.21. The fraction of sp³-hybridized carbons (Fsp3) is 0.300. The Kier molecular flexibility index (Phi) is 4.01. The van der Waals surface area contributed by atoms with Gasteiger partial charge in [0.2, 0.25) is 0 Å². The van der Waals surface area contributed by atoms with Crippen LogP contribution in [0.1, 0.15) is 27.9 Å². The van der Waals surface area contributed by atoms with Crippen molar-refractivity contribution in [2.45, 2.75) is 33.4 Å². The molecule has 0 saturated heterocycles. The number of aromatic nitrogens is 2. The molecule has 0 radical (unpaired) electrons. The molecule has 0 amide bonds. The number of fused-ring (bicyclic) bond motifs is 1. The summed E-state index contributed by atoms with van der Waals surface area (Å²) in [7, 11) is 0. The molecule has 0 aliphatic carbocycles. The molecule has 1 aliphatic heterocycles. The summed E-state index contributed by atoms with van der Waals surface area (Å²) >= 11 is 0. The zero-order valence-corrected chi connectivity index (χ0v) is 14.5. The summed E-state index contributed by atoms with van der Waals surface area (Å²) in [5.74, 6) is 1.11. The maximum atomic E-state index is 12.5. The summed E-state index contributed by atoms with van der Waals surface area (Å²) in [5.41, 5.74) is 5.47. The topological polar surface area (TPSA) is 62.1 Å². The minimum absolute atomic E-state index is 0.0678. The Morgan fingerprint density at radius 1 is 1.28 bits per heavy atom. The second-order valence-corrected chi connectivity index (χ2v) is 6.71. The third kappa shape index (κ3) is 3.15. The van der Waals surface area contributed by atoms with E-state index in [0.717, 1.165) is 30.8 Å². The van der Waals surface area contributed by atoms with Crippen LogP contribution in [0.2, 0.25) is 0 Å². The molecule has 3 heterocycles. The van der Waals surface area contributed by atoms with Gasteiger partial charge in [-0.2, -0.15) is 0 Å². The molecule has 0 bridgehead atoms. The zero-order valence-electron chi connectivity index (χ0n) is 14.5. The van der Waals surface area contributed by atoms with E-state index in [1.165, 1.54) is 16.7 Å². The van der Waals surface area contributed by atoms with Gasteiger partial charge in [-0.3, -0.25) is 9.69 Å². The molecule has 0 saturated carbocycles. The Morgan fingerprint density at radius 3 is 2.92 bits per heavy atom. The Bertz CT molecular complexity index is 958. The predicted molar refractivity (Wildman–Crippen MR) is 96.3 cm³/mol. The first-order valence-electron chi connectivity index (χ1n) is 8.54. The largest absolute Gasteiger partial charge is 0.461 e. The molecule has 4 rings (SSSR count). The number of H-pyrrole nitrogens is 1. The molecular weight excluding hydrogens is 314 g/mol. The van der Waals surface area contributed by atoms with Gasteiger partial charge in [0.15, 0.2) is 11.6 Å². The quantitative estimate of drug-likeness (QED) is 0.798. The first-order chi connectivity index (χ1) is 12.1. The second-order valence-electron chi connectivity index (χ2n) is 6.71. The minimum Gasteiger partial charge on any atom is -0.461 e. The van der Waals surface area contributed by atoms with E-state index in [4.69, 9.17) is 4.42 Å². The molecule has 1 aromatic carbocycles. The van der Waals surface area contributed by atoms with Crippen LogP contribution in [-0.2, 0) is 19.5 Å². The number of furan rings is 1. The van der Waals surface area contributed by atoms with E-state index in [1.807, 2.05) is 0 Å². The van der Waals surface area contributed by atoms with E-state index in [9.17, 15) is 4.79 Å². The second kappa shape index (κ2) is 6.33. The van der Waals surface area contributed by atoms with E-state index in [1.54, 1.807) is 18.4 Å². The van der Waals surface area contributed by atoms with Gasteiger partial charge in [0.05, 0.1) is 17.5 Å². The highest BCUT2D eigenvalue weighted by Crippen LogP contribution is 2.21. The molecule has 1 aliphatic rings. The van der Waals surface area contributed by atoms with Crippen molar-refractivity contribution in [3.05, 3.63) is 74.9 Å². The van der Waals surface area contributed by atoms with Crippen molar-refractivity contribution in [3.63, 3.8) is 0 Å². The van der Waals surface area contributed by atoms with Gasteiger partial charge >= 0.3 is 0 Å². The number of nitrogens with zero attached hydrogens (tertiary/aromatic N) is 2. The molecule has 0 spiro atoms. The van der Waals surface area contributed by atoms with Gasteiger partial charge in [-0.1, -0.05) is 23.8 Å². The molecule has 0 unspecified atom stereocenters. The van der Waals surface area contributed by atoms with E-state index in [2.05, 4.69) is 46.9 Å². The van der Waals surface area contributed by atoms with E-state index < -0.39 is 0 Å². The fourth-order valence-electron chi connectivity index (χ4n) is 3.41. The van der Waals surface area contributed by atoms with E-state index >= 15 is 0 Å². The number of benzene rings is 1. The van der Waals surface area contributed by atoms with Gasteiger partial charge in [0.1, 0.15) is 0 Å². The van der Waals surface area contributed by atoms with Gasteiger partial charge in [-0.05, 0) is 37.1 Å². The highest BCUT2D eigenvalue weighted by atomic mass is 16.3. The van der Waals surface area contributed by atoms with Crippen LogP contribution in [0, 0.1) is 13.8 Å². The third-order valence-corrected chi connectivity index (χ3v) is 4.79. The monoisotopic (exact) mass is 335 g/mol. The summed E-state index contributed by atoms with van der Waals surface area (Å²) in [6.07, 6.45) is 2.36. The standard InChI is InChI=1S/C20H21N3O2/c1-13-5-6-15(14(2)10-13)11-23-8-7-17-16(12-23)20(24)22-19(21-17)18-4-3-9-25-18/h3-6,9-10H,7-8,11-12H2,1-2H3,(H,21,22,24). The Morgan fingerprint density at radius 2 is 2.16 bits per heavy atom. The summed E-state index contributed by atoms with van der Waals surface area (Å²) in [6.45, 7) is 6.63. The molecule has 5 nitrogen and oxygen atoms in total. The van der Waals surface area contributed by atoms with Crippen LogP contribution in [0.5, 0.6) is 0 Å². The highest BCUT2D eigenvalue weighted by molar-refractivity contribution is 5.47. The van der Waals surface area contributed by atoms with Crippen molar-refractivity contribution < 1.29 is 4.42 Å². The van der Waals surface area contributed by atoms with Gasteiger partial charge in [0, 0.05) is 26.1 Å². The number of hydrogen-bond acceptors (Lipinski definition) is 4. The SMILES string of the molecule is Cc1ccc(CN2CCc3nc(-c4ccco4)[nH]c(=O)c3C2)c(C)c1. The van der Waals surface area contributed by atoms with Crippen LogP contribution in [0.15, 0.2) is 45.8 Å². The van der Waals surface area contributed by atoms with Crippen molar-refractivity contribution in [1.29, 1.82) is 0 Å². The van der Waals surface area contributed by atoms with Crippen molar-refractivity contribution in [3.8, 4) is 11.6 Å². The van der Waals surface area contributed by atoms with Gasteiger partial charge < -0.3 is 9.40 Å². The van der Waals surface area contributed by atoms with Gasteiger partial charge in [0.25, 0.3) is 5.56 Å². The summed E-state index contributed by atoms with van der Waals surface area (Å²) < 4.78 is 5.35. The van der Waals surface area contributed by atoms with Crippen molar-refractivity contribution >= 4 is 0 Å². The first-order valence-corrected chi connectivity index (χ1v) is 8.54. The molecular formula is C20H21N3O2. The molecule has 3 aromatic rings. The molecule has 25 heavy (non-hydrogen) atoms. The molecule has 5 heteroatoms. The molecule has 0 atom stereocenters. The lowest BCUT2D eigenvalue weighted by atomic mass is 10.0. The maximum absolute atomic E-state index is 12.5. The van der Waals surface area contributed by atoms with Gasteiger partial charge in [-0.15, -0.1) is 0 Å². The lowest BCUT2D eigenvalue weighted by Gasteiger charge is -2.28. The van der Waals surface area contributed by atoms with Crippen molar-refractivity contribution in [2.24, 2.45) is 0 Å². The number of rotatable bonds is 3. The smallest absolute Gasteiger partial charge is 0.256 e. The maximum Gasteiger partial charge on any atom is 0.256 e. The van der Waals surface area contributed by atoms with Crippen LogP contribution in [0.3, 0.4) is 0 Å². The van der Waals surface area contributed by atoms with Crippen LogP contribution >= 0.6 is 0 Å². The van der Waals surface area contributed by atoms with Gasteiger partial charge in [-0.25, -0.2) is 4.98 Å². The van der Waals surface area contributed by atoms with E-state index in [0.29, 0.717) is 18.1 Å². The fourth-order valence-corrected chi connectivity index (χ4v) is 3.41. The summed E-state index contributed by atoms with van der Waals surface area (Å²) in [6, 6.07) is 10.1.